The lowest BCUT2D eigenvalue weighted by Crippen LogP contribution is -2.49. The number of aryl methyl sites for hydroxylation is 1. The van der Waals surface area contributed by atoms with Gasteiger partial charge < -0.3 is 10.4 Å². The summed E-state index contributed by atoms with van der Waals surface area (Å²) in [6.07, 6.45) is -0.00941. The highest BCUT2D eigenvalue weighted by molar-refractivity contribution is 7.89. The third-order valence-corrected chi connectivity index (χ3v) is 6.46. The molecule has 2 aromatic rings. The summed E-state index contributed by atoms with van der Waals surface area (Å²) < 4.78 is 27.3. The first-order valence-electron chi connectivity index (χ1n) is 9.77. The number of nitro groups is 1. The standard InChI is InChI=1S/C21H25N3O7S/c1-14(2)11-19(21(26)27)23(32(30,31)18-9-7-15(3)8-10-18)13-20(25)22-16-5-4-6-17(12-16)24(28)29/h4-10,12,14,19H,11,13H2,1-3H3,(H,22,25)(H,26,27). The number of rotatable bonds is 10. The molecule has 0 saturated carbocycles. The van der Waals surface area contributed by atoms with Gasteiger partial charge in [0.15, 0.2) is 0 Å². The largest absolute Gasteiger partial charge is 0.480 e. The first-order chi connectivity index (χ1) is 14.9. The van der Waals surface area contributed by atoms with Crippen LogP contribution < -0.4 is 5.32 Å². The lowest BCUT2D eigenvalue weighted by Gasteiger charge is -2.28. The zero-order valence-electron chi connectivity index (χ0n) is 17.9. The minimum Gasteiger partial charge on any atom is -0.480 e. The monoisotopic (exact) mass is 463 g/mol. The van der Waals surface area contributed by atoms with Gasteiger partial charge in [0, 0.05) is 17.8 Å². The summed E-state index contributed by atoms with van der Waals surface area (Å²) >= 11 is 0. The first kappa shape index (κ1) is 25.0. The topological polar surface area (TPSA) is 147 Å². The number of benzene rings is 2. The molecule has 1 unspecified atom stereocenters. The number of non-ortho nitro benzene ring substituents is 1. The maximum Gasteiger partial charge on any atom is 0.322 e. The van der Waals surface area contributed by atoms with Gasteiger partial charge in [-0.25, -0.2) is 8.42 Å². The van der Waals surface area contributed by atoms with Gasteiger partial charge in [-0.05, 0) is 37.5 Å². The Morgan fingerprint density at radius 2 is 1.78 bits per heavy atom. The fraction of sp³-hybridized carbons (Fsp3) is 0.333. The Hall–Kier alpha value is -3.31. The van der Waals surface area contributed by atoms with Gasteiger partial charge in [-0.1, -0.05) is 37.6 Å². The highest BCUT2D eigenvalue weighted by Crippen LogP contribution is 2.23. The van der Waals surface area contributed by atoms with E-state index >= 15 is 0 Å². The van der Waals surface area contributed by atoms with Crippen molar-refractivity contribution in [2.75, 3.05) is 11.9 Å². The molecule has 2 aromatic carbocycles. The summed E-state index contributed by atoms with van der Waals surface area (Å²) in [5.74, 6) is -2.36. The molecule has 1 atom stereocenters. The molecule has 0 aliphatic carbocycles. The van der Waals surface area contributed by atoms with Gasteiger partial charge in [0.25, 0.3) is 5.69 Å². The first-order valence-corrected chi connectivity index (χ1v) is 11.2. The molecule has 2 rings (SSSR count). The number of nitro benzene ring substituents is 1. The van der Waals surface area contributed by atoms with E-state index < -0.39 is 39.4 Å². The number of carbonyl (C=O) groups is 2. The molecule has 0 fully saturated rings. The normalized spacial score (nSPS) is 12.5. The van der Waals surface area contributed by atoms with Crippen LogP contribution in [0.15, 0.2) is 53.4 Å². The number of nitrogens with one attached hydrogen (secondary N) is 1. The highest BCUT2D eigenvalue weighted by Gasteiger charge is 2.37. The molecule has 10 nitrogen and oxygen atoms in total. The SMILES string of the molecule is Cc1ccc(S(=O)(=O)N(CC(=O)Nc2cccc([N+](=O)[O-])c2)C(CC(C)C)C(=O)O)cc1. The Morgan fingerprint density at radius 3 is 2.31 bits per heavy atom. The fourth-order valence-corrected chi connectivity index (χ4v) is 4.58. The second kappa shape index (κ2) is 10.3. The van der Waals surface area contributed by atoms with E-state index in [1.165, 1.54) is 30.3 Å². The smallest absolute Gasteiger partial charge is 0.322 e. The summed E-state index contributed by atoms with van der Waals surface area (Å²) in [4.78, 5) is 34.8. The highest BCUT2D eigenvalue weighted by atomic mass is 32.2. The molecular formula is C21H25N3O7S. The van der Waals surface area contributed by atoms with Gasteiger partial charge in [0.05, 0.1) is 16.4 Å². The molecule has 0 aliphatic heterocycles. The molecule has 1 amide bonds. The van der Waals surface area contributed by atoms with Crippen LogP contribution in [0.5, 0.6) is 0 Å². The third kappa shape index (κ3) is 6.34. The molecule has 2 N–H and O–H groups in total. The molecule has 0 spiro atoms. The minimum atomic E-state index is -4.33. The minimum absolute atomic E-state index is 0.00941. The van der Waals surface area contributed by atoms with Crippen LogP contribution in [0.25, 0.3) is 0 Å². The van der Waals surface area contributed by atoms with E-state index in [1.54, 1.807) is 32.9 Å². The van der Waals surface area contributed by atoms with Crippen molar-refractivity contribution in [1.82, 2.24) is 4.31 Å². The van der Waals surface area contributed by atoms with Crippen molar-refractivity contribution in [1.29, 1.82) is 0 Å². The third-order valence-electron chi connectivity index (χ3n) is 4.60. The van der Waals surface area contributed by atoms with E-state index in [0.717, 1.165) is 11.6 Å². The van der Waals surface area contributed by atoms with Crippen LogP contribution in [0.2, 0.25) is 0 Å². The number of carboxylic acid groups (broad SMARTS) is 1. The van der Waals surface area contributed by atoms with Crippen molar-refractivity contribution in [2.45, 2.75) is 38.1 Å². The second-order valence-corrected chi connectivity index (χ2v) is 9.59. The van der Waals surface area contributed by atoms with Crippen LogP contribution >= 0.6 is 0 Å². The van der Waals surface area contributed by atoms with Gasteiger partial charge in [-0.2, -0.15) is 4.31 Å². The number of carboxylic acids is 1. The Labute approximate surface area is 186 Å². The van der Waals surface area contributed by atoms with E-state index in [-0.39, 0.29) is 28.6 Å². The average Bonchev–Trinajstić information content (AvgIpc) is 2.70. The zero-order valence-corrected chi connectivity index (χ0v) is 18.7. The number of sulfonamides is 1. The molecule has 0 heterocycles. The van der Waals surface area contributed by atoms with Gasteiger partial charge in [0.1, 0.15) is 6.04 Å². The van der Waals surface area contributed by atoms with E-state index in [0.29, 0.717) is 4.31 Å². The summed E-state index contributed by atoms with van der Waals surface area (Å²) in [6, 6.07) is 9.53. The molecule has 11 heteroatoms. The molecule has 32 heavy (non-hydrogen) atoms. The van der Waals surface area contributed by atoms with Crippen LogP contribution in [0.4, 0.5) is 11.4 Å². The lowest BCUT2D eigenvalue weighted by molar-refractivity contribution is -0.384. The number of amides is 1. The van der Waals surface area contributed by atoms with Crippen molar-refractivity contribution >= 4 is 33.3 Å². The number of hydrogen-bond donors (Lipinski definition) is 2. The summed E-state index contributed by atoms with van der Waals surface area (Å²) in [6.45, 7) is 4.49. The molecular weight excluding hydrogens is 438 g/mol. The Morgan fingerprint density at radius 1 is 1.16 bits per heavy atom. The van der Waals surface area contributed by atoms with Crippen LogP contribution in [0.3, 0.4) is 0 Å². The van der Waals surface area contributed by atoms with E-state index in [1.807, 2.05) is 0 Å². The van der Waals surface area contributed by atoms with Crippen molar-refractivity contribution in [2.24, 2.45) is 5.92 Å². The number of hydrogen-bond acceptors (Lipinski definition) is 6. The van der Waals surface area contributed by atoms with Gasteiger partial charge in [-0.15, -0.1) is 0 Å². The molecule has 0 aromatic heterocycles. The average molecular weight is 464 g/mol. The Kier molecular flexibility index (Phi) is 8.06. The number of carbonyl (C=O) groups excluding carboxylic acids is 1. The van der Waals surface area contributed by atoms with E-state index in [4.69, 9.17) is 0 Å². The maximum atomic E-state index is 13.3. The quantitative estimate of drug-likeness (QED) is 0.406. The van der Waals surface area contributed by atoms with Crippen LogP contribution in [-0.4, -0.2) is 47.2 Å². The van der Waals surface area contributed by atoms with Gasteiger partial charge >= 0.3 is 5.97 Å². The van der Waals surface area contributed by atoms with Crippen molar-refractivity contribution in [3.8, 4) is 0 Å². The predicted molar refractivity (Wildman–Crippen MR) is 118 cm³/mol. The van der Waals surface area contributed by atoms with Crippen LogP contribution in [0, 0.1) is 23.0 Å². The number of nitrogens with zero attached hydrogens (tertiary/aromatic N) is 2. The van der Waals surface area contributed by atoms with Crippen molar-refractivity contribution < 1.29 is 28.0 Å². The van der Waals surface area contributed by atoms with Crippen molar-refractivity contribution in [3.05, 3.63) is 64.2 Å². The van der Waals surface area contributed by atoms with Gasteiger partial charge in [-0.3, -0.25) is 19.7 Å². The summed E-state index contributed by atoms with van der Waals surface area (Å²) in [7, 11) is -4.33. The molecule has 0 bridgehead atoms. The van der Waals surface area contributed by atoms with Crippen LogP contribution in [0.1, 0.15) is 25.8 Å². The predicted octanol–water partition coefficient (Wildman–Crippen LogP) is 3.03. The molecule has 0 aliphatic rings. The van der Waals surface area contributed by atoms with Gasteiger partial charge in [0.2, 0.25) is 15.9 Å². The zero-order chi connectivity index (χ0) is 24.1. The van der Waals surface area contributed by atoms with E-state index in [9.17, 15) is 33.2 Å². The fourth-order valence-electron chi connectivity index (χ4n) is 3.04. The molecule has 0 saturated heterocycles. The molecule has 172 valence electrons. The van der Waals surface area contributed by atoms with E-state index in [2.05, 4.69) is 5.32 Å². The summed E-state index contributed by atoms with van der Waals surface area (Å²) in [5.41, 5.74) is 0.652. The molecule has 0 radical (unpaired) electrons. The Balaban J connectivity index is 2.40. The van der Waals surface area contributed by atoms with Crippen LogP contribution in [-0.2, 0) is 19.6 Å². The number of anilines is 1. The second-order valence-electron chi connectivity index (χ2n) is 7.70. The summed E-state index contributed by atoms with van der Waals surface area (Å²) in [5, 5.41) is 23.1. The Bertz CT molecular complexity index is 1100. The maximum absolute atomic E-state index is 13.3. The lowest BCUT2D eigenvalue weighted by atomic mass is 10.0. The van der Waals surface area contributed by atoms with Crippen molar-refractivity contribution in [3.63, 3.8) is 0 Å². The number of aliphatic carboxylic acids is 1.